The number of rotatable bonds is 5. The third kappa shape index (κ3) is 4.79. The summed E-state index contributed by atoms with van der Waals surface area (Å²) in [4.78, 5) is 12.4. The first-order chi connectivity index (χ1) is 10.1. The standard InChI is InChI=1S/C16H16BrIN2O/c1-2-19-10-11-4-3-5-13(8-11)20-16(21)14-9-12(18)6-7-15(14)17/h3-9,19H,2,10H2,1H3,(H,20,21). The van der Waals surface area contributed by atoms with E-state index in [1.165, 1.54) is 0 Å². The van der Waals surface area contributed by atoms with E-state index in [9.17, 15) is 4.79 Å². The Labute approximate surface area is 146 Å². The van der Waals surface area contributed by atoms with Gasteiger partial charge in [-0.2, -0.15) is 0 Å². The van der Waals surface area contributed by atoms with Gasteiger partial charge in [0, 0.05) is 20.3 Å². The first-order valence-corrected chi connectivity index (χ1v) is 8.53. The normalized spacial score (nSPS) is 10.4. The zero-order valence-electron chi connectivity index (χ0n) is 11.6. The fourth-order valence-electron chi connectivity index (χ4n) is 1.90. The monoisotopic (exact) mass is 458 g/mol. The molecule has 0 aliphatic carbocycles. The van der Waals surface area contributed by atoms with E-state index in [4.69, 9.17) is 0 Å². The van der Waals surface area contributed by atoms with E-state index in [0.717, 1.165) is 32.4 Å². The van der Waals surface area contributed by atoms with Crippen LogP contribution in [-0.2, 0) is 6.54 Å². The van der Waals surface area contributed by atoms with Gasteiger partial charge in [-0.3, -0.25) is 4.79 Å². The summed E-state index contributed by atoms with van der Waals surface area (Å²) in [6.45, 7) is 3.79. The molecule has 0 aromatic heterocycles. The Kier molecular flexibility index (Phi) is 6.20. The average molecular weight is 459 g/mol. The third-order valence-corrected chi connectivity index (χ3v) is 4.30. The molecule has 110 valence electrons. The highest BCUT2D eigenvalue weighted by Crippen LogP contribution is 2.21. The van der Waals surface area contributed by atoms with E-state index >= 15 is 0 Å². The maximum atomic E-state index is 12.4. The Hall–Kier alpha value is -0.920. The molecule has 0 saturated carbocycles. The largest absolute Gasteiger partial charge is 0.322 e. The van der Waals surface area contributed by atoms with Crippen molar-refractivity contribution in [2.24, 2.45) is 0 Å². The quantitative estimate of drug-likeness (QED) is 0.651. The average Bonchev–Trinajstić information content (AvgIpc) is 2.48. The number of carbonyl (C=O) groups excluding carboxylic acids is 1. The molecule has 0 aliphatic rings. The molecule has 21 heavy (non-hydrogen) atoms. The molecule has 2 aromatic rings. The number of hydrogen-bond donors (Lipinski definition) is 2. The molecule has 0 bridgehead atoms. The lowest BCUT2D eigenvalue weighted by Gasteiger charge is -2.09. The van der Waals surface area contributed by atoms with Crippen LogP contribution in [0.25, 0.3) is 0 Å². The van der Waals surface area contributed by atoms with Gasteiger partial charge in [0.15, 0.2) is 0 Å². The van der Waals surface area contributed by atoms with Crippen LogP contribution in [0.3, 0.4) is 0 Å². The lowest BCUT2D eigenvalue weighted by molar-refractivity contribution is 0.102. The topological polar surface area (TPSA) is 41.1 Å². The molecule has 0 saturated heterocycles. The number of nitrogens with one attached hydrogen (secondary N) is 2. The van der Waals surface area contributed by atoms with Crippen LogP contribution < -0.4 is 10.6 Å². The minimum atomic E-state index is -0.110. The summed E-state index contributed by atoms with van der Waals surface area (Å²) in [7, 11) is 0. The van der Waals surface area contributed by atoms with E-state index in [2.05, 4.69) is 56.1 Å². The van der Waals surface area contributed by atoms with Crippen molar-refractivity contribution >= 4 is 50.1 Å². The van der Waals surface area contributed by atoms with E-state index in [1.54, 1.807) is 0 Å². The Morgan fingerprint density at radius 3 is 2.81 bits per heavy atom. The van der Waals surface area contributed by atoms with Crippen molar-refractivity contribution in [2.45, 2.75) is 13.5 Å². The third-order valence-electron chi connectivity index (χ3n) is 2.94. The highest BCUT2D eigenvalue weighted by Gasteiger charge is 2.11. The molecule has 5 heteroatoms. The summed E-state index contributed by atoms with van der Waals surface area (Å²) in [6, 6.07) is 13.6. The van der Waals surface area contributed by atoms with Gasteiger partial charge in [-0.05, 0) is 81.0 Å². The molecule has 0 radical (unpaired) electrons. The summed E-state index contributed by atoms with van der Waals surface area (Å²) >= 11 is 5.62. The number of hydrogen-bond acceptors (Lipinski definition) is 2. The fraction of sp³-hybridized carbons (Fsp3) is 0.188. The molecule has 0 heterocycles. The Balaban J connectivity index is 2.14. The molecule has 0 atom stereocenters. The molecular weight excluding hydrogens is 443 g/mol. The molecule has 0 unspecified atom stereocenters. The van der Waals surface area contributed by atoms with Gasteiger partial charge < -0.3 is 10.6 Å². The Morgan fingerprint density at radius 1 is 1.24 bits per heavy atom. The van der Waals surface area contributed by atoms with Crippen LogP contribution >= 0.6 is 38.5 Å². The molecule has 3 nitrogen and oxygen atoms in total. The van der Waals surface area contributed by atoms with Crippen molar-refractivity contribution in [3.05, 3.63) is 61.6 Å². The summed E-state index contributed by atoms with van der Waals surface area (Å²) in [6.07, 6.45) is 0. The zero-order valence-corrected chi connectivity index (χ0v) is 15.4. The molecule has 2 aromatic carbocycles. The van der Waals surface area contributed by atoms with Crippen molar-refractivity contribution in [1.82, 2.24) is 5.32 Å². The molecule has 2 rings (SSSR count). The van der Waals surface area contributed by atoms with Gasteiger partial charge in [-0.25, -0.2) is 0 Å². The molecule has 0 aliphatic heterocycles. The van der Waals surface area contributed by atoms with E-state index in [1.807, 2.05) is 42.5 Å². The van der Waals surface area contributed by atoms with Crippen LogP contribution in [0, 0.1) is 3.57 Å². The van der Waals surface area contributed by atoms with Crippen LogP contribution in [-0.4, -0.2) is 12.5 Å². The highest BCUT2D eigenvalue weighted by molar-refractivity contribution is 14.1. The molecule has 0 spiro atoms. The second-order valence-electron chi connectivity index (χ2n) is 4.56. The van der Waals surface area contributed by atoms with Gasteiger partial charge in [-0.15, -0.1) is 0 Å². The summed E-state index contributed by atoms with van der Waals surface area (Å²) in [5.74, 6) is -0.110. The number of carbonyl (C=O) groups is 1. The van der Waals surface area contributed by atoms with E-state index in [0.29, 0.717) is 5.56 Å². The zero-order chi connectivity index (χ0) is 15.2. The maximum absolute atomic E-state index is 12.4. The fourth-order valence-corrected chi connectivity index (χ4v) is 2.82. The second kappa shape index (κ2) is 7.91. The van der Waals surface area contributed by atoms with Gasteiger partial charge in [0.25, 0.3) is 5.91 Å². The Morgan fingerprint density at radius 2 is 2.05 bits per heavy atom. The van der Waals surface area contributed by atoms with Gasteiger partial charge >= 0.3 is 0 Å². The van der Waals surface area contributed by atoms with E-state index in [-0.39, 0.29) is 5.91 Å². The number of benzene rings is 2. The smallest absolute Gasteiger partial charge is 0.256 e. The van der Waals surface area contributed by atoms with Crippen LogP contribution in [0.1, 0.15) is 22.8 Å². The minimum absolute atomic E-state index is 0.110. The first-order valence-electron chi connectivity index (χ1n) is 6.66. The first kappa shape index (κ1) is 16.5. The second-order valence-corrected chi connectivity index (χ2v) is 6.66. The lowest BCUT2D eigenvalue weighted by Crippen LogP contribution is -2.14. The van der Waals surface area contributed by atoms with E-state index < -0.39 is 0 Å². The predicted octanol–water partition coefficient (Wildman–Crippen LogP) is 4.42. The summed E-state index contributed by atoms with van der Waals surface area (Å²) < 4.78 is 1.83. The van der Waals surface area contributed by atoms with Crippen LogP contribution in [0.15, 0.2) is 46.9 Å². The lowest BCUT2D eigenvalue weighted by atomic mass is 10.1. The SMILES string of the molecule is CCNCc1cccc(NC(=O)c2cc(I)ccc2Br)c1. The van der Waals surface area contributed by atoms with Crippen molar-refractivity contribution < 1.29 is 4.79 Å². The van der Waals surface area contributed by atoms with Crippen molar-refractivity contribution in [3.8, 4) is 0 Å². The predicted molar refractivity (Wildman–Crippen MR) is 98.6 cm³/mol. The number of anilines is 1. The minimum Gasteiger partial charge on any atom is -0.322 e. The molecule has 2 N–H and O–H groups in total. The van der Waals surface area contributed by atoms with Crippen LogP contribution in [0.4, 0.5) is 5.69 Å². The Bertz CT molecular complexity index is 646. The van der Waals surface area contributed by atoms with Gasteiger partial charge in [0.05, 0.1) is 5.56 Å². The maximum Gasteiger partial charge on any atom is 0.256 e. The molecule has 1 amide bonds. The van der Waals surface area contributed by atoms with Crippen LogP contribution in [0.2, 0.25) is 0 Å². The van der Waals surface area contributed by atoms with Crippen LogP contribution in [0.5, 0.6) is 0 Å². The summed E-state index contributed by atoms with van der Waals surface area (Å²) in [5.41, 5.74) is 2.59. The van der Waals surface area contributed by atoms with Gasteiger partial charge in [0.1, 0.15) is 0 Å². The summed E-state index contributed by atoms with van der Waals surface area (Å²) in [5, 5.41) is 6.22. The van der Waals surface area contributed by atoms with Crippen molar-refractivity contribution in [2.75, 3.05) is 11.9 Å². The van der Waals surface area contributed by atoms with Crippen molar-refractivity contribution in [3.63, 3.8) is 0 Å². The van der Waals surface area contributed by atoms with Gasteiger partial charge in [-0.1, -0.05) is 19.1 Å². The number of halogens is 2. The highest BCUT2D eigenvalue weighted by atomic mass is 127. The van der Waals surface area contributed by atoms with Crippen molar-refractivity contribution in [1.29, 1.82) is 0 Å². The molecule has 0 fully saturated rings. The number of amides is 1. The van der Waals surface area contributed by atoms with Gasteiger partial charge in [0.2, 0.25) is 0 Å². The molecular formula is C16H16BrIN2O.